The van der Waals surface area contributed by atoms with E-state index in [4.69, 9.17) is 4.74 Å². The average molecular weight is 347 g/mol. The number of ether oxygens (including phenoxy) is 2. The summed E-state index contributed by atoms with van der Waals surface area (Å²) in [4.78, 5) is 0. The summed E-state index contributed by atoms with van der Waals surface area (Å²) in [6.45, 7) is 0.332. The van der Waals surface area contributed by atoms with Crippen molar-refractivity contribution in [3.8, 4) is 11.5 Å². The van der Waals surface area contributed by atoms with Crippen molar-refractivity contribution in [2.24, 2.45) is 0 Å². The van der Waals surface area contributed by atoms with E-state index < -0.39 is 6.36 Å². The zero-order valence-electron chi connectivity index (χ0n) is 10.2. The Hall–Kier alpha value is -1.69. The molecule has 0 aliphatic rings. The van der Waals surface area contributed by atoms with Crippen LogP contribution >= 0.6 is 15.9 Å². The van der Waals surface area contributed by atoms with Gasteiger partial charge in [-0.25, -0.2) is 0 Å². The molecule has 0 amide bonds. The average Bonchev–Trinajstić information content (AvgIpc) is 2.36. The number of benzene rings is 2. The minimum atomic E-state index is -4.68. The molecule has 0 unspecified atom stereocenters. The van der Waals surface area contributed by atoms with Crippen LogP contribution in [0.2, 0.25) is 0 Å². The van der Waals surface area contributed by atoms with Gasteiger partial charge in [-0.1, -0.05) is 28.1 Å². The maximum absolute atomic E-state index is 12.0. The van der Waals surface area contributed by atoms with Crippen LogP contribution in [0.4, 0.5) is 13.2 Å². The first kappa shape index (κ1) is 14.7. The summed E-state index contributed by atoms with van der Waals surface area (Å²) in [5.74, 6) is 0.201. The molecule has 0 bridgehead atoms. The van der Waals surface area contributed by atoms with E-state index in [-0.39, 0.29) is 5.75 Å². The van der Waals surface area contributed by atoms with E-state index in [2.05, 4.69) is 20.7 Å². The monoisotopic (exact) mass is 346 g/mol. The lowest BCUT2D eigenvalue weighted by Crippen LogP contribution is -2.16. The van der Waals surface area contributed by atoms with Crippen LogP contribution in [0, 0.1) is 0 Å². The first-order chi connectivity index (χ1) is 9.42. The second kappa shape index (κ2) is 6.17. The van der Waals surface area contributed by atoms with Gasteiger partial charge in [-0.05, 0) is 42.0 Å². The van der Waals surface area contributed by atoms with Crippen LogP contribution in [-0.2, 0) is 6.61 Å². The van der Waals surface area contributed by atoms with Gasteiger partial charge < -0.3 is 9.47 Å². The molecule has 0 fully saturated rings. The maximum Gasteiger partial charge on any atom is 0.573 e. The van der Waals surface area contributed by atoms with Crippen molar-refractivity contribution in [3.05, 3.63) is 58.6 Å². The van der Waals surface area contributed by atoms with Crippen LogP contribution in [0.3, 0.4) is 0 Å². The van der Waals surface area contributed by atoms with Crippen molar-refractivity contribution >= 4 is 15.9 Å². The van der Waals surface area contributed by atoms with Gasteiger partial charge >= 0.3 is 6.36 Å². The Morgan fingerprint density at radius 3 is 2.20 bits per heavy atom. The lowest BCUT2D eigenvalue weighted by molar-refractivity contribution is -0.274. The third kappa shape index (κ3) is 4.77. The van der Waals surface area contributed by atoms with Crippen molar-refractivity contribution in [1.82, 2.24) is 0 Å². The fraction of sp³-hybridized carbons (Fsp3) is 0.143. The molecule has 0 atom stereocenters. The van der Waals surface area contributed by atoms with Crippen molar-refractivity contribution in [2.75, 3.05) is 0 Å². The number of hydrogen-bond acceptors (Lipinski definition) is 2. The minimum absolute atomic E-state index is 0.271. The highest BCUT2D eigenvalue weighted by molar-refractivity contribution is 9.10. The van der Waals surface area contributed by atoms with Crippen molar-refractivity contribution < 1.29 is 22.6 Å². The maximum atomic E-state index is 12.0. The van der Waals surface area contributed by atoms with Crippen molar-refractivity contribution in [1.29, 1.82) is 0 Å². The highest BCUT2D eigenvalue weighted by Gasteiger charge is 2.30. The zero-order valence-corrected chi connectivity index (χ0v) is 11.7. The van der Waals surface area contributed by atoms with Crippen molar-refractivity contribution in [2.45, 2.75) is 13.0 Å². The summed E-state index contributed by atoms with van der Waals surface area (Å²) in [7, 11) is 0. The number of halogens is 4. The molecule has 0 aromatic heterocycles. The number of alkyl halides is 3. The Morgan fingerprint density at radius 2 is 1.60 bits per heavy atom. The molecule has 0 heterocycles. The molecule has 0 saturated carbocycles. The molecule has 0 spiro atoms. The van der Waals surface area contributed by atoms with Crippen LogP contribution in [-0.4, -0.2) is 6.36 Å². The Kier molecular flexibility index (Phi) is 4.54. The molecule has 0 aliphatic heterocycles. The Bertz CT molecular complexity index is 567. The standard InChI is InChI=1S/C14H10BrF3O2/c15-11-3-1-2-10(8-11)9-19-12-4-6-13(7-5-12)20-14(16,17)18/h1-8H,9H2. The van der Waals surface area contributed by atoms with Crippen LogP contribution in [0.15, 0.2) is 53.0 Å². The fourth-order valence-electron chi connectivity index (χ4n) is 1.53. The molecule has 106 valence electrons. The smallest absolute Gasteiger partial charge is 0.489 e. The van der Waals surface area contributed by atoms with E-state index in [0.29, 0.717) is 12.4 Å². The fourth-order valence-corrected chi connectivity index (χ4v) is 1.98. The van der Waals surface area contributed by atoms with Gasteiger partial charge in [0, 0.05) is 4.47 Å². The highest BCUT2D eigenvalue weighted by atomic mass is 79.9. The molecule has 0 saturated heterocycles. The van der Waals surface area contributed by atoms with Crippen molar-refractivity contribution in [3.63, 3.8) is 0 Å². The Labute approximate surface area is 122 Å². The van der Waals surface area contributed by atoms with Crippen LogP contribution in [0.25, 0.3) is 0 Å². The quantitative estimate of drug-likeness (QED) is 0.781. The van der Waals surface area contributed by atoms with Gasteiger partial charge in [0.15, 0.2) is 0 Å². The highest BCUT2D eigenvalue weighted by Crippen LogP contribution is 2.25. The molecule has 0 N–H and O–H groups in total. The number of hydrogen-bond donors (Lipinski definition) is 0. The molecule has 0 aliphatic carbocycles. The van der Waals surface area contributed by atoms with Gasteiger partial charge in [-0.3, -0.25) is 0 Å². The van der Waals surface area contributed by atoms with Gasteiger partial charge in [0.1, 0.15) is 18.1 Å². The molecule has 2 aromatic rings. The van der Waals surface area contributed by atoms with E-state index in [1.165, 1.54) is 24.3 Å². The van der Waals surface area contributed by atoms with E-state index in [1.807, 2.05) is 24.3 Å². The summed E-state index contributed by atoms with van der Waals surface area (Å²) in [6.07, 6.45) is -4.68. The molecule has 0 radical (unpaired) electrons. The molecular formula is C14H10BrF3O2. The van der Waals surface area contributed by atoms with Gasteiger partial charge in [-0.2, -0.15) is 0 Å². The molecule has 20 heavy (non-hydrogen) atoms. The molecule has 2 aromatic carbocycles. The summed E-state index contributed by atoms with van der Waals surface area (Å²) in [5.41, 5.74) is 0.954. The minimum Gasteiger partial charge on any atom is -0.489 e. The Balaban J connectivity index is 1.94. The summed E-state index contributed by atoms with van der Waals surface area (Å²) in [5, 5.41) is 0. The van der Waals surface area contributed by atoms with E-state index in [9.17, 15) is 13.2 Å². The lowest BCUT2D eigenvalue weighted by Gasteiger charge is -2.10. The van der Waals surface area contributed by atoms with Crippen LogP contribution in [0.1, 0.15) is 5.56 Å². The topological polar surface area (TPSA) is 18.5 Å². The zero-order chi connectivity index (χ0) is 14.6. The largest absolute Gasteiger partial charge is 0.573 e. The van der Waals surface area contributed by atoms with Crippen LogP contribution in [0.5, 0.6) is 11.5 Å². The summed E-state index contributed by atoms with van der Waals surface area (Å²) in [6, 6.07) is 12.9. The predicted octanol–water partition coefficient (Wildman–Crippen LogP) is 4.93. The first-order valence-corrected chi connectivity index (χ1v) is 6.45. The molecule has 6 heteroatoms. The predicted molar refractivity (Wildman–Crippen MR) is 71.6 cm³/mol. The number of rotatable bonds is 4. The lowest BCUT2D eigenvalue weighted by atomic mass is 10.2. The van der Waals surface area contributed by atoms with Gasteiger partial charge in [0.05, 0.1) is 0 Å². The Morgan fingerprint density at radius 1 is 0.950 bits per heavy atom. The van der Waals surface area contributed by atoms with Crippen LogP contribution < -0.4 is 9.47 Å². The first-order valence-electron chi connectivity index (χ1n) is 5.65. The summed E-state index contributed by atoms with van der Waals surface area (Å²) >= 11 is 3.35. The second-order valence-corrected chi connectivity index (χ2v) is 4.85. The molecular weight excluding hydrogens is 337 g/mol. The summed E-state index contributed by atoms with van der Waals surface area (Å²) < 4.78 is 46.2. The van der Waals surface area contributed by atoms with E-state index in [0.717, 1.165) is 10.0 Å². The van der Waals surface area contributed by atoms with Gasteiger partial charge in [-0.15, -0.1) is 13.2 Å². The normalized spacial score (nSPS) is 11.2. The third-order valence-electron chi connectivity index (χ3n) is 2.35. The van der Waals surface area contributed by atoms with E-state index in [1.54, 1.807) is 0 Å². The van der Waals surface area contributed by atoms with Gasteiger partial charge in [0.25, 0.3) is 0 Å². The molecule has 2 nitrogen and oxygen atoms in total. The van der Waals surface area contributed by atoms with E-state index >= 15 is 0 Å². The molecule has 2 rings (SSSR count). The SMILES string of the molecule is FC(F)(F)Oc1ccc(OCc2cccc(Br)c2)cc1. The van der Waals surface area contributed by atoms with Gasteiger partial charge in [0.2, 0.25) is 0 Å². The third-order valence-corrected chi connectivity index (χ3v) is 2.85. The second-order valence-electron chi connectivity index (χ2n) is 3.94.